The molecule has 8 heteroatoms. The number of amides is 1. The minimum absolute atomic E-state index is 0.0251. The Morgan fingerprint density at radius 1 is 1.29 bits per heavy atom. The number of para-hydroxylation sites is 1. The maximum atomic E-state index is 12.7. The van der Waals surface area contributed by atoms with Gasteiger partial charge in [0.2, 0.25) is 0 Å². The standard InChI is InChI=1S/C20H26N2O5S/c1-14(2)10-22(15-8-9-28(25,26)13-15)19(23)12-27-20(24)17-11-21(3)18-7-5-4-6-16(17)18/h4-7,11,14-15H,8-10,12-13H2,1-3H3. The quantitative estimate of drug-likeness (QED) is 0.685. The summed E-state index contributed by atoms with van der Waals surface area (Å²) in [6.07, 6.45) is 2.12. The Morgan fingerprint density at radius 3 is 2.64 bits per heavy atom. The second-order valence-electron chi connectivity index (χ2n) is 7.74. The molecule has 152 valence electrons. The van der Waals surface area contributed by atoms with Gasteiger partial charge < -0.3 is 14.2 Å². The number of ether oxygens (including phenoxy) is 1. The van der Waals surface area contributed by atoms with Crippen molar-refractivity contribution >= 4 is 32.6 Å². The van der Waals surface area contributed by atoms with Gasteiger partial charge in [-0.25, -0.2) is 13.2 Å². The van der Waals surface area contributed by atoms with Crippen molar-refractivity contribution in [3.63, 3.8) is 0 Å². The fraction of sp³-hybridized carbons (Fsp3) is 0.500. The maximum Gasteiger partial charge on any atom is 0.340 e. The Hall–Kier alpha value is -2.35. The summed E-state index contributed by atoms with van der Waals surface area (Å²) in [5, 5.41) is 0.767. The molecule has 1 unspecified atom stereocenters. The van der Waals surface area contributed by atoms with E-state index in [2.05, 4.69) is 0 Å². The first-order valence-corrected chi connectivity index (χ1v) is 11.2. The summed E-state index contributed by atoms with van der Waals surface area (Å²) in [6.45, 7) is 3.97. The summed E-state index contributed by atoms with van der Waals surface area (Å²) in [6, 6.07) is 7.12. The molecule has 0 radical (unpaired) electrons. The lowest BCUT2D eigenvalue weighted by Gasteiger charge is -2.29. The van der Waals surface area contributed by atoms with Gasteiger partial charge in [0, 0.05) is 36.7 Å². The average Bonchev–Trinajstić information content (AvgIpc) is 3.17. The van der Waals surface area contributed by atoms with Gasteiger partial charge >= 0.3 is 5.97 Å². The van der Waals surface area contributed by atoms with Gasteiger partial charge in [0.15, 0.2) is 16.4 Å². The van der Waals surface area contributed by atoms with E-state index in [1.807, 2.05) is 49.7 Å². The molecule has 1 fully saturated rings. The van der Waals surface area contributed by atoms with E-state index >= 15 is 0 Å². The van der Waals surface area contributed by atoms with Crippen molar-refractivity contribution in [1.82, 2.24) is 9.47 Å². The van der Waals surface area contributed by atoms with Gasteiger partial charge in [-0.1, -0.05) is 32.0 Å². The van der Waals surface area contributed by atoms with Gasteiger partial charge in [-0.3, -0.25) is 4.79 Å². The largest absolute Gasteiger partial charge is 0.452 e. The summed E-state index contributed by atoms with van der Waals surface area (Å²) >= 11 is 0. The highest BCUT2D eigenvalue weighted by atomic mass is 32.2. The normalized spacial score (nSPS) is 18.5. The minimum Gasteiger partial charge on any atom is -0.452 e. The molecule has 1 atom stereocenters. The van der Waals surface area contributed by atoms with Gasteiger partial charge in [-0.15, -0.1) is 0 Å². The molecule has 1 aromatic carbocycles. The van der Waals surface area contributed by atoms with Crippen molar-refractivity contribution in [2.24, 2.45) is 13.0 Å². The van der Waals surface area contributed by atoms with E-state index < -0.39 is 22.4 Å². The second kappa shape index (κ2) is 7.95. The van der Waals surface area contributed by atoms with Crippen molar-refractivity contribution < 1.29 is 22.7 Å². The molecular formula is C20H26N2O5S. The van der Waals surface area contributed by atoms with Crippen LogP contribution in [0.5, 0.6) is 0 Å². The van der Waals surface area contributed by atoms with Crippen LogP contribution in [-0.4, -0.2) is 60.5 Å². The van der Waals surface area contributed by atoms with E-state index in [0.29, 0.717) is 18.5 Å². The monoisotopic (exact) mass is 406 g/mol. The van der Waals surface area contributed by atoms with Crippen LogP contribution in [0.15, 0.2) is 30.5 Å². The van der Waals surface area contributed by atoms with E-state index in [-0.39, 0.29) is 29.4 Å². The molecule has 0 N–H and O–H groups in total. The molecule has 1 aliphatic rings. The van der Waals surface area contributed by atoms with Crippen molar-refractivity contribution in [1.29, 1.82) is 0 Å². The second-order valence-corrected chi connectivity index (χ2v) is 9.97. The number of aromatic nitrogens is 1. The molecule has 1 amide bonds. The van der Waals surface area contributed by atoms with Crippen LogP contribution in [0.25, 0.3) is 10.9 Å². The Morgan fingerprint density at radius 2 is 2.00 bits per heavy atom. The Kier molecular flexibility index (Phi) is 5.79. The molecule has 1 aromatic heterocycles. The number of carbonyl (C=O) groups is 2. The number of rotatable bonds is 6. The first-order valence-electron chi connectivity index (χ1n) is 9.39. The third-order valence-electron chi connectivity index (χ3n) is 4.97. The maximum absolute atomic E-state index is 12.7. The number of benzene rings is 1. The highest BCUT2D eigenvalue weighted by Crippen LogP contribution is 2.22. The smallest absolute Gasteiger partial charge is 0.340 e. The fourth-order valence-corrected chi connectivity index (χ4v) is 5.39. The summed E-state index contributed by atoms with van der Waals surface area (Å²) in [5.41, 5.74) is 1.31. The van der Waals surface area contributed by atoms with Crippen molar-refractivity contribution in [2.45, 2.75) is 26.3 Å². The van der Waals surface area contributed by atoms with E-state index in [0.717, 1.165) is 10.9 Å². The Balaban J connectivity index is 1.70. The predicted molar refractivity (Wildman–Crippen MR) is 107 cm³/mol. The van der Waals surface area contributed by atoms with Crippen LogP contribution in [0.2, 0.25) is 0 Å². The molecule has 1 saturated heterocycles. The first-order chi connectivity index (χ1) is 13.2. The zero-order valence-corrected chi connectivity index (χ0v) is 17.2. The topological polar surface area (TPSA) is 85.7 Å². The number of nitrogens with zero attached hydrogens (tertiary/aromatic N) is 2. The number of carbonyl (C=O) groups excluding carboxylic acids is 2. The van der Waals surface area contributed by atoms with E-state index in [4.69, 9.17) is 4.74 Å². The fourth-order valence-electron chi connectivity index (χ4n) is 3.66. The highest BCUT2D eigenvalue weighted by molar-refractivity contribution is 7.91. The van der Waals surface area contributed by atoms with Crippen LogP contribution >= 0.6 is 0 Å². The van der Waals surface area contributed by atoms with Crippen LogP contribution in [0, 0.1) is 5.92 Å². The summed E-state index contributed by atoms with van der Waals surface area (Å²) in [7, 11) is -1.27. The summed E-state index contributed by atoms with van der Waals surface area (Å²) in [5.74, 6) is -0.669. The molecule has 28 heavy (non-hydrogen) atoms. The van der Waals surface area contributed by atoms with Crippen molar-refractivity contribution in [2.75, 3.05) is 24.7 Å². The Bertz CT molecular complexity index is 993. The average molecular weight is 407 g/mol. The number of hydrogen-bond acceptors (Lipinski definition) is 5. The summed E-state index contributed by atoms with van der Waals surface area (Å²) < 4.78 is 30.7. The lowest BCUT2D eigenvalue weighted by Crippen LogP contribution is -2.45. The van der Waals surface area contributed by atoms with Gasteiger partial charge in [0.1, 0.15) is 0 Å². The van der Waals surface area contributed by atoms with Crippen LogP contribution < -0.4 is 0 Å². The van der Waals surface area contributed by atoms with Gasteiger partial charge in [-0.05, 0) is 18.4 Å². The molecule has 0 bridgehead atoms. The SMILES string of the molecule is CC(C)CN(C(=O)COC(=O)c1cn(C)c2ccccc12)C1CCS(=O)(=O)C1. The van der Waals surface area contributed by atoms with E-state index in [1.54, 1.807) is 11.1 Å². The van der Waals surface area contributed by atoms with Crippen LogP contribution in [0.4, 0.5) is 0 Å². The predicted octanol–water partition coefficient (Wildman–Crippen LogP) is 2.01. The van der Waals surface area contributed by atoms with Crippen LogP contribution in [-0.2, 0) is 26.4 Å². The lowest BCUT2D eigenvalue weighted by atomic mass is 10.1. The zero-order chi connectivity index (χ0) is 20.5. The molecule has 2 heterocycles. The third kappa shape index (κ3) is 4.38. The Labute approximate surface area is 165 Å². The zero-order valence-electron chi connectivity index (χ0n) is 16.4. The molecule has 3 rings (SSSR count). The number of aryl methyl sites for hydroxylation is 1. The molecule has 0 spiro atoms. The summed E-state index contributed by atoms with van der Waals surface area (Å²) in [4.78, 5) is 26.8. The number of hydrogen-bond donors (Lipinski definition) is 0. The third-order valence-corrected chi connectivity index (χ3v) is 6.73. The van der Waals surface area contributed by atoms with Crippen molar-refractivity contribution in [3.05, 3.63) is 36.0 Å². The molecule has 0 saturated carbocycles. The number of sulfone groups is 1. The number of esters is 1. The van der Waals surface area contributed by atoms with E-state index in [1.165, 1.54) is 0 Å². The van der Waals surface area contributed by atoms with Gasteiger partial charge in [-0.2, -0.15) is 0 Å². The highest BCUT2D eigenvalue weighted by Gasteiger charge is 2.35. The molecular weight excluding hydrogens is 380 g/mol. The van der Waals surface area contributed by atoms with E-state index in [9.17, 15) is 18.0 Å². The van der Waals surface area contributed by atoms with Crippen LogP contribution in [0.1, 0.15) is 30.6 Å². The van der Waals surface area contributed by atoms with Crippen LogP contribution in [0.3, 0.4) is 0 Å². The number of fused-ring (bicyclic) bond motifs is 1. The molecule has 0 aliphatic carbocycles. The lowest BCUT2D eigenvalue weighted by molar-refractivity contribution is -0.137. The first kappa shape index (κ1) is 20.4. The van der Waals surface area contributed by atoms with Crippen molar-refractivity contribution in [3.8, 4) is 0 Å². The van der Waals surface area contributed by atoms with Gasteiger partial charge in [0.25, 0.3) is 5.91 Å². The minimum atomic E-state index is -3.11. The molecule has 1 aliphatic heterocycles. The molecule has 7 nitrogen and oxygen atoms in total. The molecule has 2 aromatic rings. The van der Waals surface area contributed by atoms with Gasteiger partial charge in [0.05, 0.1) is 17.1 Å².